The third kappa shape index (κ3) is 4.87. The van der Waals surface area contributed by atoms with Gasteiger partial charge in [0.25, 0.3) is 0 Å². The summed E-state index contributed by atoms with van der Waals surface area (Å²) in [5.41, 5.74) is 1.40. The van der Waals surface area contributed by atoms with Gasteiger partial charge in [0, 0.05) is 15.0 Å². The van der Waals surface area contributed by atoms with Crippen LogP contribution in [0.3, 0.4) is 0 Å². The van der Waals surface area contributed by atoms with Crippen molar-refractivity contribution in [3.05, 3.63) is 32.7 Å². The summed E-state index contributed by atoms with van der Waals surface area (Å²) >= 11 is 7.20. The molecule has 0 radical (unpaired) electrons. The van der Waals surface area contributed by atoms with Gasteiger partial charge in [0.2, 0.25) is 0 Å². The van der Waals surface area contributed by atoms with Crippen molar-refractivity contribution in [3.8, 4) is 0 Å². The number of rotatable bonds is 5. The van der Waals surface area contributed by atoms with Crippen LogP contribution in [0, 0.1) is 5.92 Å². The quantitative estimate of drug-likeness (QED) is 0.668. The molecule has 19 heavy (non-hydrogen) atoms. The third-order valence-corrected chi connectivity index (χ3v) is 4.95. The Morgan fingerprint density at radius 1 is 1.11 bits per heavy atom. The van der Waals surface area contributed by atoms with E-state index in [2.05, 4.69) is 62.3 Å². The topological polar surface area (TPSA) is 12.0 Å². The largest absolute Gasteiger partial charge is 0.310 e. The van der Waals surface area contributed by atoms with Gasteiger partial charge in [-0.2, -0.15) is 0 Å². The summed E-state index contributed by atoms with van der Waals surface area (Å²) in [5, 5.41) is 3.66. The molecular formula is C16H23Br2N. The van der Waals surface area contributed by atoms with Crippen molar-refractivity contribution in [1.82, 2.24) is 5.32 Å². The van der Waals surface area contributed by atoms with E-state index in [-0.39, 0.29) is 0 Å². The molecule has 0 aliphatic heterocycles. The second kappa shape index (κ2) is 7.80. The van der Waals surface area contributed by atoms with E-state index in [0.717, 1.165) is 21.4 Å². The normalized spacial score (nSPS) is 18.5. The highest BCUT2D eigenvalue weighted by Crippen LogP contribution is 2.33. The zero-order chi connectivity index (χ0) is 13.7. The Morgan fingerprint density at radius 3 is 2.32 bits per heavy atom. The second-order valence-corrected chi connectivity index (χ2v) is 7.38. The minimum Gasteiger partial charge on any atom is -0.310 e. The van der Waals surface area contributed by atoms with Crippen molar-refractivity contribution in [1.29, 1.82) is 0 Å². The number of hydrogen-bond donors (Lipinski definition) is 1. The highest BCUT2D eigenvalue weighted by Gasteiger charge is 2.20. The van der Waals surface area contributed by atoms with E-state index >= 15 is 0 Å². The van der Waals surface area contributed by atoms with Crippen LogP contribution in [0.1, 0.15) is 57.1 Å². The Kier molecular flexibility index (Phi) is 6.37. The predicted molar refractivity (Wildman–Crippen MR) is 89.5 cm³/mol. The highest BCUT2D eigenvalue weighted by atomic mass is 79.9. The third-order valence-electron chi connectivity index (χ3n) is 4.03. The lowest BCUT2D eigenvalue weighted by atomic mass is 9.83. The summed E-state index contributed by atoms with van der Waals surface area (Å²) in [6.07, 6.45) is 8.38. The molecule has 1 atom stereocenters. The molecule has 1 unspecified atom stereocenters. The molecule has 0 saturated heterocycles. The van der Waals surface area contributed by atoms with Crippen LogP contribution in [0.5, 0.6) is 0 Å². The standard InChI is InChI=1S/C16H23Br2N/c1-2-19-16(8-12-6-4-3-5-7-12)13-9-14(17)11-15(18)10-13/h9-12,16,19H,2-8H2,1H3. The number of hydrogen-bond acceptors (Lipinski definition) is 1. The summed E-state index contributed by atoms with van der Waals surface area (Å²) < 4.78 is 2.31. The van der Waals surface area contributed by atoms with Crippen LogP contribution >= 0.6 is 31.9 Å². The zero-order valence-corrected chi connectivity index (χ0v) is 14.8. The fourth-order valence-corrected chi connectivity index (χ4v) is 4.45. The van der Waals surface area contributed by atoms with Crippen molar-refractivity contribution in [2.45, 2.75) is 51.5 Å². The van der Waals surface area contributed by atoms with E-state index in [9.17, 15) is 0 Å². The minimum absolute atomic E-state index is 0.488. The molecule has 0 spiro atoms. The molecule has 106 valence electrons. The van der Waals surface area contributed by atoms with Crippen LogP contribution in [-0.2, 0) is 0 Å². The van der Waals surface area contributed by atoms with Gasteiger partial charge in [-0.15, -0.1) is 0 Å². The van der Waals surface area contributed by atoms with Gasteiger partial charge in [-0.25, -0.2) is 0 Å². The Labute approximate surface area is 133 Å². The van der Waals surface area contributed by atoms with Crippen molar-refractivity contribution in [2.75, 3.05) is 6.54 Å². The van der Waals surface area contributed by atoms with Gasteiger partial charge in [-0.3, -0.25) is 0 Å². The van der Waals surface area contributed by atoms with E-state index in [1.807, 2.05) is 0 Å². The molecule has 1 fully saturated rings. The van der Waals surface area contributed by atoms with E-state index < -0.39 is 0 Å². The van der Waals surface area contributed by atoms with Crippen LogP contribution in [0.15, 0.2) is 27.1 Å². The second-order valence-electron chi connectivity index (χ2n) is 5.55. The fraction of sp³-hybridized carbons (Fsp3) is 0.625. The van der Waals surface area contributed by atoms with Gasteiger partial charge in [0.1, 0.15) is 0 Å². The minimum atomic E-state index is 0.488. The van der Waals surface area contributed by atoms with Gasteiger partial charge in [-0.1, -0.05) is 70.9 Å². The molecule has 1 N–H and O–H groups in total. The van der Waals surface area contributed by atoms with E-state index in [0.29, 0.717) is 6.04 Å². The van der Waals surface area contributed by atoms with E-state index in [1.165, 1.54) is 44.1 Å². The maximum Gasteiger partial charge on any atom is 0.0323 e. The fourth-order valence-electron chi connectivity index (χ4n) is 3.12. The SMILES string of the molecule is CCNC(CC1CCCCC1)c1cc(Br)cc(Br)c1. The average molecular weight is 389 g/mol. The summed E-state index contributed by atoms with van der Waals surface area (Å²) in [7, 11) is 0. The summed E-state index contributed by atoms with van der Waals surface area (Å²) in [6, 6.07) is 7.09. The molecule has 2 rings (SSSR count). The van der Waals surface area contributed by atoms with Crippen LogP contribution in [0.4, 0.5) is 0 Å². The maximum absolute atomic E-state index is 3.66. The molecular weight excluding hydrogens is 366 g/mol. The maximum atomic E-state index is 3.66. The smallest absolute Gasteiger partial charge is 0.0323 e. The summed E-state index contributed by atoms with van der Waals surface area (Å²) in [6.45, 7) is 3.22. The van der Waals surface area contributed by atoms with E-state index in [4.69, 9.17) is 0 Å². The molecule has 0 heterocycles. The molecule has 3 heteroatoms. The van der Waals surface area contributed by atoms with Crippen molar-refractivity contribution in [3.63, 3.8) is 0 Å². The first kappa shape index (κ1) is 15.5. The lowest BCUT2D eigenvalue weighted by Crippen LogP contribution is -2.24. The number of halogens is 2. The van der Waals surface area contributed by atoms with Gasteiger partial charge in [0.05, 0.1) is 0 Å². The molecule has 1 aliphatic rings. The first-order valence-corrected chi connectivity index (χ1v) is 8.97. The van der Waals surface area contributed by atoms with Crippen LogP contribution in [0.2, 0.25) is 0 Å². The molecule has 0 amide bonds. The first-order chi connectivity index (χ1) is 9.19. The molecule has 1 aromatic carbocycles. The number of benzene rings is 1. The molecule has 1 aliphatic carbocycles. The average Bonchev–Trinajstić information content (AvgIpc) is 2.38. The first-order valence-electron chi connectivity index (χ1n) is 7.38. The Bertz CT molecular complexity index is 379. The molecule has 1 nitrogen and oxygen atoms in total. The van der Waals surface area contributed by atoms with Crippen LogP contribution < -0.4 is 5.32 Å². The molecule has 1 aromatic rings. The summed E-state index contributed by atoms with van der Waals surface area (Å²) in [5.74, 6) is 0.899. The predicted octanol–water partition coefficient (Wildman–Crippen LogP) is 5.83. The van der Waals surface area contributed by atoms with Crippen molar-refractivity contribution >= 4 is 31.9 Å². The Hall–Kier alpha value is 0.140. The van der Waals surface area contributed by atoms with Gasteiger partial charge >= 0.3 is 0 Å². The number of nitrogens with one attached hydrogen (secondary N) is 1. The van der Waals surface area contributed by atoms with Crippen LogP contribution in [-0.4, -0.2) is 6.54 Å². The Morgan fingerprint density at radius 2 is 1.74 bits per heavy atom. The van der Waals surface area contributed by atoms with Gasteiger partial charge < -0.3 is 5.32 Å². The molecule has 0 aromatic heterocycles. The van der Waals surface area contributed by atoms with Gasteiger partial charge in [0.15, 0.2) is 0 Å². The Balaban J connectivity index is 2.09. The van der Waals surface area contributed by atoms with Crippen molar-refractivity contribution < 1.29 is 0 Å². The molecule has 0 bridgehead atoms. The lowest BCUT2D eigenvalue weighted by molar-refractivity contribution is 0.301. The lowest BCUT2D eigenvalue weighted by Gasteiger charge is -2.27. The van der Waals surface area contributed by atoms with Crippen molar-refractivity contribution in [2.24, 2.45) is 5.92 Å². The summed E-state index contributed by atoms with van der Waals surface area (Å²) in [4.78, 5) is 0. The van der Waals surface area contributed by atoms with Crippen LogP contribution in [0.25, 0.3) is 0 Å². The zero-order valence-electron chi connectivity index (χ0n) is 11.6. The van der Waals surface area contributed by atoms with Gasteiger partial charge in [-0.05, 0) is 42.6 Å². The van der Waals surface area contributed by atoms with E-state index in [1.54, 1.807) is 0 Å². The molecule has 1 saturated carbocycles. The highest BCUT2D eigenvalue weighted by molar-refractivity contribution is 9.11. The monoisotopic (exact) mass is 387 g/mol.